The lowest BCUT2D eigenvalue weighted by molar-refractivity contribution is 0.622. The van der Waals surface area contributed by atoms with E-state index >= 15 is 0 Å². The molecule has 0 aliphatic heterocycles. The number of nitrogens with zero attached hydrogens (tertiary/aromatic N) is 2. The minimum absolute atomic E-state index is 0. The molecule has 1 unspecified atom stereocenters. The van der Waals surface area contributed by atoms with Gasteiger partial charge in [0.15, 0.2) is 5.96 Å². The number of halogens is 2. The summed E-state index contributed by atoms with van der Waals surface area (Å²) in [4.78, 5) is 5.99. The topological polar surface area (TPSA) is 39.7 Å². The van der Waals surface area contributed by atoms with Gasteiger partial charge in [0.05, 0.1) is 11.7 Å². The Morgan fingerprint density at radius 2 is 1.84 bits per heavy atom. The summed E-state index contributed by atoms with van der Waals surface area (Å²) >= 11 is 0. The zero-order valence-corrected chi connectivity index (χ0v) is 17.4. The molecular formula is C19H26FIN4. The van der Waals surface area contributed by atoms with Gasteiger partial charge >= 0.3 is 0 Å². The Morgan fingerprint density at radius 3 is 2.40 bits per heavy atom. The summed E-state index contributed by atoms with van der Waals surface area (Å²) in [5.74, 6) is 0.461. The van der Waals surface area contributed by atoms with Crippen molar-refractivity contribution in [3.63, 3.8) is 0 Å². The third-order valence-corrected chi connectivity index (χ3v) is 3.83. The summed E-state index contributed by atoms with van der Waals surface area (Å²) in [7, 11) is 5.38. The first kappa shape index (κ1) is 21.2. The normalized spacial score (nSPS) is 12.1. The van der Waals surface area contributed by atoms with Gasteiger partial charge in [-0.15, -0.1) is 24.0 Å². The monoisotopic (exact) mass is 456 g/mol. The van der Waals surface area contributed by atoms with E-state index in [9.17, 15) is 4.39 Å². The Morgan fingerprint density at radius 1 is 1.16 bits per heavy atom. The van der Waals surface area contributed by atoms with Crippen molar-refractivity contribution < 1.29 is 4.39 Å². The number of guanidine groups is 1. The minimum Gasteiger partial charge on any atom is -0.375 e. The second-order valence-electron chi connectivity index (χ2n) is 5.88. The van der Waals surface area contributed by atoms with Crippen molar-refractivity contribution in [1.29, 1.82) is 0 Å². The number of nitrogens with one attached hydrogen (secondary N) is 2. The number of benzene rings is 2. The quantitative estimate of drug-likeness (QED) is 0.407. The van der Waals surface area contributed by atoms with Crippen LogP contribution < -0.4 is 15.5 Å². The molecule has 4 nitrogen and oxygen atoms in total. The molecule has 25 heavy (non-hydrogen) atoms. The summed E-state index contributed by atoms with van der Waals surface area (Å²) in [5, 5.41) is 6.56. The molecule has 0 aliphatic rings. The first-order chi connectivity index (χ1) is 11.5. The highest BCUT2D eigenvalue weighted by Crippen LogP contribution is 2.18. The van der Waals surface area contributed by atoms with Crippen molar-refractivity contribution in [2.75, 3.05) is 26.0 Å². The minimum atomic E-state index is -0.222. The van der Waals surface area contributed by atoms with E-state index in [0.717, 1.165) is 5.56 Å². The van der Waals surface area contributed by atoms with Crippen molar-refractivity contribution >= 4 is 35.6 Å². The van der Waals surface area contributed by atoms with E-state index in [1.54, 1.807) is 24.1 Å². The van der Waals surface area contributed by atoms with Crippen molar-refractivity contribution in [1.82, 2.24) is 10.6 Å². The van der Waals surface area contributed by atoms with Gasteiger partial charge < -0.3 is 15.5 Å². The van der Waals surface area contributed by atoms with Crippen LogP contribution in [0.4, 0.5) is 10.1 Å². The van der Waals surface area contributed by atoms with E-state index in [2.05, 4.69) is 34.7 Å². The number of hydrogen-bond acceptors (Lipinski definition) is 2. The molecule has 136 valence electrons. The maximum absolute atomic E-state index is 14.0. The fourth-order valence-corrected chi connectivity index (χ4v) is 2.43. The van der Waals surface area contributed by atoms with Crippen LogP contribution >= 0.6 is 24.0 Å². The summed E-state index contributed by atoms with van der Waals surface area (Å²) < 4.78 is 14.0. The fraction of sp³-hybridized carbons (Fsp3) is 0.316. The summed E-state index contributed by atoms with van der Waals surface area (Å²) in [5.41, 5.74) is 2.63. The Hall–Kier alpha value is -1.83. The van der Waals surface area contributed by atoms with Gasteiger partial charge in [0.25, 0.3) is 0 Å². The molecule has 0 radical (unpaired) electrons. The molecule has 2 rings (SSSR count). The van der Waals surface area contributed by atoms with Gasteiger partial charge in [0, 0.05) is 27.7 Å². The molecule has 0 amide bonds. The van der Waals surface area contributed by atoms with E-state index in [1.807, 2.05) is 38.4 Å². The van der Waals surface area contributed by atoms with E-state index in [0.29, 0.717) is 18.2 Å². The van der Waals surface area contributed by atoms with E-state index in [4.69, 9.17) is 0 Å². The Kier molecular flexibility index (Phi) is 8.68. The van der Waals surface area contributed by atoms with E-state index in [-0.39, 0.29) is 35.8 Å². The molecule has 0 saturated carbocycles. The second kappa shape index (κ2) is 10.2. The maximum Gasteiger partial charge on any atom is 0.191 e. The van der Waals surface area contributed by atoms with Crippen molar-refractivity contribution in [2.45, 2.75) is 19.5 Å². The van der Waals surface area contributed by atoms with Crippen molar-refractivity contribution in [2.24, 2.45) is 4.99 Å². The molecule has 0 bridgehead atoms. The Balaban J connectivity index is 0.00000312. The van der Waals surface area contributed by atoms with Gasteiger partial charge in [0.1, 0.15) is 5.82 Å². The number of hydrogen-bond donors (Lipinski definition) is 2. The van der Waals surface area contributed by atoms with E-state index < -0.39 is 0 Å². The van der Waals surface area contributed by atoms with Crippen LogP contribution in [0.15, 0.2) is 53.5 Å². The molecule has 0 fully saturated rings. The molecule has 0 spiro atoms. The van der Waals surface area contributed by atoms with Gasteiger partial charge in [0.2, 0.25) is 0 Å². The third kappa shape index (κ3) is 6.19. The lowest BCUT2D eigenvalue weighted by Crippen LogP contribution is -2.38. The summed E-state index contributed by atoms with van der Waals surface area (Å²) in [6, 6.07) is 15.5. The fourth-order valence-electron chi connectivity index (χ4n) is 2.43. The predicted molar refractivity (Wildman–Crippen MR) is 114 cm³/mol. The molecule has 0 heterocycles. The van der Waals surface area contributed by atoms with Crippen LogP contribution in [0.25, 0.3) is 0 Å². The van der Waals surface area contributed by atoms with Crippen LogP contribution in [0.2, 0.25) is 0 Å². The van der Waals surface area contributed by atoms with Crippen LogP contribution in [-0.4, -0.2) is 27.1 Å². The van der Waals surface area contributed by atoms with Gasteiger partial charge in [-0.2, -0.15) is 0 Å². The van der Waals surface area contributed by atoms with Gasteiger partial charge in [-0.1, -0.05) is 36.4 Å². The number of rotatable bonds is 5. The van der Waals surface area contributed by atoms with Crippen LogP contribution in [0.3, 0.4) is 0 Å². The highest BCUT2D eigenvalue weighted by molar-refractivity contribution is 14.0. The van der Waals surface area contributed by atoms with Crippen LogP contribution in [-0.2, 0) is 6.54 Å². The Bertz CT molecular complexity index is 689. The summed E-state index contributed by atoms with van der Waals surface area (Å²) in [6.07, 6.45) is 0. The van der Waals surface area contributed by atoms with Crippen LogP contribution in [0.1, 0.15) is 24.1 Å². The Labute approximate surface area is 166 Å². The number of aliphatic imine (C=N–C) groups is 1. The largest absolute Gasteiger partial charge is 0.375 e. The molecule has 2 N–H and O–H groups in total. The second-order valence-corrected chi connectivity index (χ2v) is 5.88. The van der Waals surface area contributed by atoms with Crippen LogP contribution in [0, 0.1) is 5.82 Å². The predicted octanol–water partition coefficient (Wildman–Crippen LogP) is 3.94. The zero-order chi connectivity index (χ0) is 17.5. The van der Waals surface area contributed by atoms with Crippen molar-refractivity contribution in [3.05, 3.63) is 65.5 Å². The molecule has 2 aromatic rings. The average molecular weight is 456 g/mol. The lowest BCUT2D eigenvalue weighted by atomic mass is 10.1. The maximum atomic E-state index is 14.0. The molecule has 6 heteroatoms. The molecule has 0 aromatic heterocycles. The van der Waals surface area contributed by atoms with Gasteiger partial charge in [-0.3, -0.25) is 4.99 Å². The molecule has 0 aliphatic carbocycles. The lowest BCUT2D eigenvalue weighted by Gasteiger charge is -2.19. The first-order valence-corrected chi connectivity index (χ1v) is 7.99. The van der Waals surface area contributed by atoms with Gasteiger partial charge in [-0.25, -0.2) is 4.39 Å². The highest BCUT2D eigenvalue weighted by atomic mass is 127. The van der Waals surface area contributed by atoms with Crippen molar-refractivity contribution in [3.8, 4) is 0 Å². The van der Waals surface area contributed by atoms with Crippen LogP contribution in [0.5, 0.6) is 0 Å². The zero-order valence-electron chi connectivity index (χ0n) is 15.1. The SMILES string of the molecule is CN=C(NCc1ccc(N(C)C)c(F)c1)NC(C)c1ccccc1.I. The smallest absolute Gasteiger partial charge is 0.191 e. The highest BCUT2D eigenvalue weighted by Gasteiger charge is 2.08. The average Bonchev–Trinajstić information content (AvgIpc) is 2.58. The molecule has 1 atom stereocenters. The third-order valence-electron chi connectivity index (χ3n) is 3.83. The molecular weight excluding hydrogens is 430 g/mol. The summed E-state index contributed by atoms with van der Waals surface area (Å²) in [6.45, 7) is 2.58. The van der Waals surface area contributed by atoms with E-state index in [1.165, 1.54) is 5.56 Å². The first-order valence-electron chi connectivity index (χ1n) is 7.99. The standard InChI is InChI=1S/C19H25FN4.HI/c1-14(16-8-6-5-7-9-16)23-19(21-2)22-13-15-10-11-18(24(3)4)17(20)12-15;/h5-12,14H,13H2,1-4H3,(H2,21,22,23);1H. The molecule has 0 saturated heterocycles. The molecule has 2 aromatic carbocycles. The van der Waals surface area contributed by atoms with Gasteiger partial charge in [-0.05, 0) is 30.2 Å². The number of anilines is 1.